The summed E-state index contributed by atoms with van der Waals surface area (Å²) in [6, 6.07) is 5.63. The summed E-state index contributed by atoms with van der Waals surface area (Å²) in [6.07, 6.45) is 7.68. The van der Waals surface area contributed by atoms with Crippen LogP contribution in [0.5, 0.6) is 5.75 Å². The number of ketones is 1. The van der Waals surface area contributed by atoms with Gasteiger partial charge in [0.2, 0.25) is 0 Å². The smallest absolute Gasteiger partial charge is 0.163 e. The second kappa shape index (κ2) is 4.18. The van der Waals surface area contributed by atoms with E-state index < -0.39 is 0 Å². The van der Waals surface area contributed by atoms with E-state index in [1.807, 2.05) is 12.1 Å². The van der Waals surface area contributed by atoms with Gasteiger partial charge in [-0.3, -0.25) is 4.79 Å². The van der Waals surface area contributed by atoms with Crippen molar-refractivity contribution in [3.05, 3.63) is 29.3 Å². The van der Waals surface area contributed by atoms with Gasteiger partial charge < -0.3 is 4.74 Å². The summed E-state index contributed by atoms with van der Waals surface area (Å²) in [5.74, 6) is 3.29. The van der Waals surface area contributed by atoms with Crippen molar-refractivity contribution in [3.8, 4) is 18.1 Å². The van der Waals surface area contributed by atoms with Crippen LogP contribution in [-0.2, 0) is 6.42 Å². The second-order valence-corrected chi connectivity index (χ2v) is 3.59. The van der Waals surface area contributed by atoms with E-state index >= 15 is 0 Å². The molecule has 1 aliphatic carbocycles. The van der Waals surface area contributed by atoms with Gasteiger partial charge in [0, 0.05) is 12.0 Å². The molecular weight excluding hydrogens is 188 g/mol. The highest BCUT2D eigenvalue weighted by Gasteiger charge is 2.17. The standard InChI is InChI=1S/C13H12O2/c1-2-8-15-11-7-6-10-4-3-5-13(14)12(10)9-11/h1,6-7,9H,3-5,8H2. The topological polar surface area (TPSA) is 26.3 Å². The Hall–Kier alpha value is -1.75. The molecule has 0 saturated carbocycles. The number of Topliss-reactive ketones (excluding diaryl/α,β-unsaturated/α-hetero) is 1. The molecular formula is C13H12O2. The van der Waals surface area contributed by atoms with Gasteiger partial charge in [-0.05, 0) is 30.5 Å². The molecule has 0 aliphatic heterocycles. The van der Waals surface area contributed by atoms with Crippen molar-refractivity contribution >= 4 is 5.78 Å². The summed E-state index contributed by atoms with van der Waals surface area (Å²) in [6.45, 7) is 0.243. The molecule has 0 amide bonds. The number of hydrogen-bond acceptors (Lipinski definition) is 2. The highest BCUT2D eigenvalue weighted by atomic mass is 16.5. The summed E-state index contributed by atoms with van der Waals surface area (Å²) < 4.78 is 5.28. The molecule has 0 atom stereocenters. The number of carbonyl (C=O) groups is 1. The lowest BCUT2D eigenvalue weighted by molar-refractivity contribution is 0.0972. The van der Waals surface area contributed by atoms with Gasteiger partial charge in [-0.25, -0.2) is 0 Å². The molecule has 1 aromatic rings. The lowest BCUT2D eigenvalue weighted by Crippen LogP contribution is -2.10. The molecule has 1 aromatic carbocycles. The van der Waals surface area contributed by atoms with E-state index in [0.717, 1.165) is 24.0 Å². The minimum atomic E-state index is 0.211. The second-order valence-electron chi connectivity index (χ2n) is 3.59. The Balaban J connectivity index is 2.28. The third-order valence-corrected chi connectivity index (χ3v) is 2.55. The molecule has 76 valence electrons. The first kappa shape index (κ1) is 9.79. The van der Waals surface area contributed by atoms with Gasteiger partial charge in [-0.15, -0.1) is 6.42 Å². The Morgan fingerprint density at radius 2 is 2.27 bits per heavy atom. The van der Waals surface area contributed by atoms with Crippen LogP contribution in [0.4, 0.5) is 0 Å². The first-order valence-electron chi connectivity index (χ1n) is 5.03. The van der Waals surface area contributed by atoms with Crippen LogP contribution in [-0.4, -0.2) is 12.4 Å². The lowest BCUT2D eigenvalue weighted by atomic mass is 9.90. The van der Waals surface area contributed by atoms with Crippen LogP contribution in [0.1, 0.15) is 28.8 Å². The number of fused-ring (bicyclic) bond motifs is 1. The number of aryl methyl sites for hydroxylation is 1. The first-order chi connectivity index (χ1) is 7.31. The predicted octanol–water partition coefficient (Wildman–Crippen LogP) is 2.22. The Kier molecular flexibility index (Phi) is 2.73. The summed E-state index contributed by atoms with van der Waals surface area (Å²) >= 11 is 0. The molecule has 15 heavy (non-hydrogen) atoms. The fourth-order valence-corrected chi connectivity index (χ4v) is 1.82. The van der Waals surface area contributed by atoms with Crippen molar-refractivity contribution in [1.29, 1.82) is 0 Å². The van der Waals surface area contributed by atoms with Gasteiger partial charge in [-0.1, -0.05) is 12.0 Å². The van der Waals surface area contributed by atoms with E-state index in [1.54, 1.807) is 6.07 Å². The summed E-state index contributed by atoms with van der Waals surface area (Å²) in [4.78, 5) is 11.6. The molecule has 0 bridgehead atoms. The number of carbonyl (C=O) groups excluding carboxylic acids is 1. The quantitative estimate of drug-likeness (QED) is 0.684. The van der Waals surface area contributed by atoms with E-state index in [1.165, 1.54) is 0 Å². The Labute approximate surface area is 89.3 Å². The van der Waals surface area contributed by atoms with E-state index in [-0.39, 0.29) is 12.4 Å². The van der Waals surface area contributed by atoms with Crippen LogP contribution < -0.4 is 4.74 Å². The largest absolute Gasteiger partial charge is 0.481 e. The summed E-state index contributed by atoms with van der Waals surface area (Å²) in [7, 11) is 0. The number of ether oxygens (including phenoxy) is 1. The van der Waals surface area contributed by atoms with Gasteiger partial charge in [0.25, 0.3) is 0 Å². The molecule has 2 heteroatoms. The molecule has 2 nitrogen and oxygen atoms in total. The SMILES string of the molecule is C#CCOc1ccc2c(c1)C(=O)CCC2. The van der Waals surface area contributed by atoms with Gasteiger partial charge in [0.05, 0.1) is 0 Å². The van der Waals surface area contributed by atoms with E-state index in [0.29, 0.717) is 12.2 Å². The molecule has 1 aliphatic rings. The number of rotatable bonds is 2. The number of benzene rings is 1. The molecule has 0 saturated heterocycles. The van der Waals surface area contributed by atoms with Crippen LogP contribution in [0.3, 0.4) is 0 Å². The normalized spacial score (nSPS) is 14.2. The van der Waals surface area contributed by atoms with Crippen LogP contribution in [0, 0.1) is 12.3 Å². The van der Waals surface area contributed by atoms with E-state index in [9.17, 15) is 4.79 Å². The third-order valence-electron chi connectivity index (χ3n) is 2.55. The fourth-order valence-electron chi connectivity index (χ4n) is 1.82. The molecule has 0 heterocycles. The maximum Gasteiger partial charge on any atom is 0.163 e. The van der Waals surface area contributed by atoms with Crippen molar-refractivity contribution in [2.24, 2.45) is 0 Å². The fraction of sp³-hybridized carbons (Fsp3) is 0.308. The molecule has 0 aromatic heterocycles. The van der Waals surface area contributed by atoms with Gasteiger partial charge >= 0.3 is 0 Å². The number of terminal acetylenes is 1. The van der Waals surface area contributed by atoms with Crippen molar-refractivity contribution < 1.29 is 9.53 Å². The highest BCUT2D eigenvalue weighted by molar-refractivity contribution is 5.98. The minimum absolute atomic E-state index is 0.211. The zero-order valence-electron chi connectivity index (χ0n) is 8.45. The van der Waals surface area contributed by atoms with E-state index in [4.69, 9.17) is 11.2 Å². The van der Waals surface area contributed by atoms with E-state index in [2.05, 4.69) is 5.92 Å². The first-order valence-corrected chi connectivity index (χ1v) is 5.03. The zero-order valence-corrected chi connectivity index (χ0v) is 8.45. The van der Waals surface area contributed by atoms with Gasteiger partial charge in [0.1, 0.15) is 12.4 Å². The summed E-state index contributed by atoms with van der Waals surface area (Å²) in [5.41, 5.74) is 1.93. The maximum atomic E-state index is 11.6. The molecule has 0 spiro atoms. The van der Waals surface area contributed by atoms with Crippen LogP contribution in [0.25, 0.3) is 0 Å². The Bertz CT molecular complexity index is 427. The molecule has 2 rings (SSSR count). The van der Waals surface area contributed by atoms with Gasteiger partial charge in [0.15, 0.2) is 5.78 Å². The number of hydrogen-bond donors (Lipinski definition) is 0. The minimum Gasteiger partial charge on any atom is -0.481 e. The van der Waals surface area contributed by atoms with Crippen molar-refractivity contribution in [2.75, 3.05) is 6.61 Å². The highest BCUT2D eigenvalue weighted by Crippen LogP contribution is 2.25. The van der Waals surface area contributed by atoms with Crippen molar-refractivity contribution in [3.63, 3.8) is 0 Å². The Morgan fingerprint density at radius 1 is 1.40 bits per heavy atom. The third kappa shape index (κ3) is 2.02. The van der Waals surface area contributed by atoms with Crippen LogP contribution in [0.15, 0.2) is 18.2 Å². The average molecular weight is 200 g/mol. The predicted molar refractivity (Wildman–Crippen MR) is 58.0 cm³/mol. The zero-order chi connectivity index (χ0) is 10.7. The Morgan fingerprint density at radius 3 is 3.07 bits per heavy atom. The average Bonchev–Trinajstić information content (AvgIpc) is 2.27. The van der Waals surface area contributed by atoms with Crippen LogP contribution in [0.2, 0.25) is 0 Å². The van der Waals surface area contributed by atoms with Crippen molar-refractivity contribution in [2.45, 2.75) is 19.3 Å². The molecule has 0 fully saturated rings. The monoisotopic (exact) mass is 200 g/mol. The maximum absolute atomic E-state index is 11.6. The van der Waals surface area contributed by atoms with Crippen molar-refractivity contribution in [1.82, 2.24) is 0 Å². The molecule has 0 N–H and O–H groups in total. The summed E-state index contributed by atoms with van der Waals surface area (Å²) in [5, 5.41) is 0. The van der Waals surface area contributed by atoms with Crippen LogP contribution >= 0.6 is 0 Å². The molecule has 0 radical (unpaired) electrons. The molecule has 0 unspecified atom stereocenters. The van der Waals surface area contributed by atoms with Gasteiger partial charge in [-0.2, -0.15) is 0 Å². The lowest BCUT2D eigenvalue weighted by Gasteiger charge is -2.15.